The third-order valence-corrected chi connectivity index (χ3v) is 6.23. The number of rotatable bonds is 4. The van der Waals surface area contributed by atoms with E-state index in [0.717, 1.165) is 36.1 Å². The molecule has 0 aromatic heterocycles. The van der Waals surface area contributed by atoms with Crippen molar-refractivity contribution in [2.75, 3.05) is 16.8 Å². The molecule has 0 atom stereocenters. The molecule has 0 aliphatic carbocycles. The summed E-state index contributed by atoms with van der Waals surface area (Å²) in [6, 6.07) is 32.8. The number of carbonyl (C=O) groups excluding carboxylic acids is 2. The Morgan fingerprint density at radius 1 is 0.676 bits per heavy atom. The van der Waals surface area contributed by atoms with E-state index in [1.165, 1.54) is 5.56 Å². The fourth-order valence-corrected chi connectivity index (χ4v) is 4.43. The largest absolute Gasteiger partial charge is 0.322 e. The molecule has 0 unspecified atom stereocenters. The number of hydrogen-bond acceptors (Lipinski definition) is 2. The minimum Gasteiger partial charge on any atom is -0.322 e. The molecule has 5 rings (SSSR count). The van der Waals surface area contributed by atoms with Gasteiger partial charge < -0.3 is 10.2 Å². The van der Waals surface area contributed by atoms with Gasteiger partial charge in [-0.3, -0.25) is 9.59 Å². The first-order chi connectivity index (χ1) is 16.7. The van der Waals surface area contributed by atoms with Crippen LogP contribution in [0.2, 0.25) is 0 Å². The van der Waals surface area contributed by atoms with Crippen LogP contribution >= 0.6 is 0 Å². The Morgan fingerprint density at radius 2 is 1.41 bits per heavy atom. The van der Waals surface area contributed by atoms with Crippen molar-refractivity contribution >= 4 is 23.2 Å². The van der Waals surface area contributed by atoms with Crippen LogP contribution in [0.4, 0.5) is 11.4 Å². The van der Waals surface area contributed by atoms with Gasteiger partial charge >= 0.3 is 0 Å². The number of aryl methyl sites for hydroxylation is 1. The molecular formula is C30H26N2O2. The van der Waals surface area contributed by atoms with Crippen molar-refractivity contribution in [3.63, 3.8) is 0 Å². The Labute approximate surface area is 199 Å². The van der Waals surface area contributed by atoms with E-state index in [1.807, 2.05) is 71.6 Å². The number of para-hydroxylation sites is 1. The second-order valence-electron chi connectivity index (χ2n) is 8.52. The molecule has 1 aliphatic heterocycles. The summed E-state index contributed by atoms with van der Waals surface area (Å²) in [5.74, 6) is -0.193. The van der Waals surface area contributed by atoms with Crippen LogP contribution in [0.5, 0.6) is 0 Å². The van der Waals surface area contributed by atoms with Crippen LogP contribution < -0.4 is 10.2 Å². The molecular weight excluding hydrogens is 420 g/mol. The van der Waals surface area contributed by atoms with E-state index < -0.39 is 0 Å². The molecule has 2 amide bonds. The van der Waals surface area contributed by atoms with Gasteiger partial charge in [0.1, 0.15) is 0 Å². The van der Waals surface area contributed by atoms with Gasteiger partial charge in [0.05, 0.1) is 0 Å². The SMILES string of the molecule is O=C(Nc1ccc(C(=O)N2CCCCc3ccccc32)cc1)c1cccc(-c2ccccc2)c1. The maximum atomic E-state index is 13.3. The monoisotopic (exact) mass is 446 g/mol. The third-order valence-electron chi connectivity index (χ3n) is 6.23. The van der Waals surface area contributed by atoms with E-state index in [0.29, 0.717) is 23.4 Å². The first kappa shape index (κ1) is 21.7. The summed E-state index contributed by atoms with van der Waals surface area (Å²) in [6.07, 6.45) is 3.06. The molecule has 1 heterocycles. The molecule has 34 heavy (non-hydrogen) atoms. The van der Waals surface area contributed by atoms with Crippen molar-refractivity contribution in [2.45, 2.75) is 19.3 Å². The lowest BCUT2D eigenvalue weighted by Crippen LogP contribution is -2.31. The van der Waals surface area contributed by atoms with Crippen molar-refractivity contribution in [3.8, 4) is 11.1 Å². The fourth-order valence-electron chi connectivity index (χ4n) is 4.43. The zero-order chi connectivity index (χ0) is 23.3. The Morgan fingerprint density at radius 3 is 2.24 bits per heavy atom. The van der Waals surface area contributed by atoms with Crippen LogP contribution in [0.3, 0.4) is 0 Å². The lowest BCUT2D eigenvalue weighted by molar-refractivity contribution is 0.0985. The summed E-state index contributed by atoms with van der Waals surface area (Å²) in [5.41, 5.74) is 6.13. The Kier molecular flexibility index (Phi) is 6.21. The average molecular weight is 447 g/mol. The van der Waals surface area contributed by atoms with Gasteiger partial charge in [0.2, 0.25) is 0 Å². The van der Waals surface area contributed by atoms with Crippen LogP contribution in [-0.4, -0.2) is 18.4 Å². The van der Waals surface area contributed by atoms with Gasteiger partial charge in [0, 0.05) is 29.0 Å². The maximum Gasteiger partial charge on any atom is 0.258 e. The van der Waals surface area contributed by atoms with Gasteiger partial charge in [-0.25, -0.2) is 0 Å². The standard InChI is InChI=1S/C30H26N2O2/c33-29(26-14-8-13-25(21-26)22-9-2-1-3-10-22)31-27-18-16-24(17-19-27)30(34)32-20-7-6-12-23-11-4-5-15-28(23)32/h1-5,8-11,13-19,21H,6-7,12,20H2,(H,31,33). The molecule has 4 heteroatoms. The molecule has 0 spiro atoms. The molecule has 4 nitrogen and oxygen atoms in total. The number of nitrogens with one attached hydrogen (secondary N) is 1. The van der Waals surface area contributed by atoms with Crippen molar-refractivity contribution in [1.29, 1.82) is 0 Å². The molecule has 1 N–H and O–H groups in total. The smallest absolute Gasteiger partial charge is 0.258 e. The number of amides is 2. The van der Waals surface area contributed by atoms with Crippen molar-refractivity contribution in [1.82, 2.24) is 0 Å². The maximum absolute atomic E-state index is 13.3. The molecule has 0 bridgehead atoms. The number of nitrogens with zero attached hydrogens (tertiary/aromatic N) is 1. The minimum absolute atomic E-state index is 0.0113. The highest BCUT2D eigenvalue weighted by molar-refractivity contribution is 6.08. The predicted molar refractivity (Wildman–Crippen MR) is 137 cm³/mol. The molecule has 4 aromatic carbocycles. The summed E-state index contributed by atoms with van der Waals surface area (Å²) in [6.45, 7) is 0.714. The molecule has 168 valence electrons. The molecule has 1 aliphatic rings. The average Bonchev–Trinajstić information content (AvgIpc) is 3.12. The van der Waals surface area contributed by atoms with E-state index in [-0.39, 0.29) is 11.8 Å². The van der Waals surface area contributed by atoms with Gasteiger partial charge in [0.25, 0.3) is 11.8 Å². The number of anilines is 2. The summed E-state index contributed by atoms with van der Waals surface area (Å²) in [7, 11) is 0. The van der Waals surface area contributed by atoms with Crippen molar-refractivity contribution < 1.29 is 9.59 Å². The first-order valence-corrected chi connectivity index (χ1v) is 11.7. The quantitative estimate of drug-likeness (QED) is 0.384. The number of fused-ring (bicyclic) bond motifs is 1. The molecule has 0 fully saturated rings. The van der Waals surface area contributed by atoms with Gasteiger partial charge in [0.15, 0.2) is 0 Å². The van der Waals surface area contributed by atoms with E-state index in [1.54, 1.807) is 30.3 Å². The first-order valence-electron chi connectivity index (χ1n) is 11.7. The number of hydrogen-bond donors (Lipinski definition) is 1. The Bertz CT molecular complexity index is 1310. The summed E-state index contributed by atoms with van der Waals surface area (Å²) >= 11 is 0. The van der Waals surface area contributed by atoms with Crippen molar-refractivity contribution in [2.24, 2.45) is 0 Å². The predicted octanol–water partition coefficient (Wildman–Crippen LogP) is 6.59. The molecule has 4 aromatic rings. The van der Waals surface area contributed by atoms with Crippen LogP contribution in [0.1, 0.15) is 39.1 Å². The Hall–Kier alpha value is -4.18. The summed E-state index contributed by atoms with van der Waals surface area (Å²) in [5, 5.41) is 2.94. The van der Waals surface area contributed by atoms with E-state index in [4.69, 9.17) is 0 Å². The van der Waals surface area contributed by atoms with Gasteiger partial charge in [-0.05, 0) is 78.4 Å². The number of carbonyl (C=O) groups is 2. The van der Waals surface area contributed by atoms with E-state index >= 15 is 0 Å². The second-order valence-corrected chi connectivity index (χ2v) is 8.52. The zero-order valence-electron chi connectivity index (χ0n) is 18.9. The van der Waals surface area contributed by atoms with Crippen LogP contribution in [0.25, 0.3) is 11.1 Å². The summed E-state index contributed by atoms with van der Waals surface area (Å²) < 4.78 is 0. The number of benzene rings is 4. The lowest BCUT2D eigenvalue weighted by atomic mass is 10.0. The van der Waals surface area contributed by atoms with E-state index in [9.17, 15) is 9.59 Å². The zero-order valence-corrected chi connectivity index (χ0v) is 18.9. The molecule has 0 saturated heterocycles. The molecule has 0 radical (unpaired) electrons. The van der Waals surface area contributed by atoms with Crippen LogP contribution in [-0.2, 0) is 6.42 Å². The van der Waals surface area contributed by atoms with Crippen LogP contribution in [0, 0.1) is 0 Å². The lowest BCUT2D eigenvalue weighted by Gasteiger charge is -2.23. The van der Waals surface area contributed by atoms with Gasteiger partial charge in [-0.1, -0.05) is 60.7 Å². The van der Waals surface area contributed by atoms with Crippen LogP contribution in [0.15, 0.2) is 103 Å². The van der Waals surface area contributed by atoms with E-state index in [2.05, 4.69) is 11.4 Å². The highest BCUT2D eigenvalue weighted by Gasteiger charge is 2.22. The normalized spacial score (nSPS) is 13.0. The summed E-state index contributed by atoms with van der Waals surface area (Å²) in [4.78, 5) is 28.0. The van der Waals surface area contributed by atoms with Gasteiger partial charge in [-0.2, -0.15) is 0 Å². The minimum atomic E-state index is -0.182. The second kappa shape index (κ2) is 9.75. The Balaban J connectivity index is 1.31. The third kappa shape index (κ3) is 4.62. The highest BCUT2D eigenvalue weighted by Crippen LogP contribution is 2.28. The van der Waals surface area contributed by atoms with Crippen molar-refractivity contribution in [3.05, 3.63) is 120 Å². The topological polar surface area (TPSA) is 49.4 Å². The van der Waals surface area contributed by atoms with Gasteiger partial charge in [-0.15, -0.1) is 0 Å². The fraction of sp³-hybridized carbons (Fsp3) is 0.133. The highest BCUT2D eigenvalue weighted by atomic mass is 16.2. The molecule has 0 saturated carbocycles.